The van der Waals surface area contributed by atoms with Crippen molar-refractivity contribution in [2.75, 3.05) is 7.11 Å². The van der Waals surface area contributed by atoms with Crippen LogP contribution in [0, 0.1) is 0 Å². The highest BCUT2D eigenvalue weighted by molar-refractivity contribution is 5.67. The van der Waals surface area contributed by atoms with E-state index in [-0.39, 0.29) is 0 Å². The van der Waals surface area contributed by atoms with Crippen LogP contribution in [0.4, 0.5) is 0 Å². The van der Waals surface area contributed by atoms with E-state index in [1.54, 1.807) is 19.5 Å². The van der Waals surface area contributed by atoms with Gasteiger partial charge in [-0.3, -0.25) is 4.98 Å². The van der Waals surface area contributed by atoms with Gasteiger partial charge in [0.15, 0.2) is 0 Å². The monoisotopic (exact) mass is 174 g/mol. The molecule has 1 aromatic heterocycles. The summed E-state index contributed by atoms with van der Waals surface area (Å²) in [5.41, 5.74) is 2.08. The van der Waals surface area contributed by atoms with E-state index >= 15 is 0 Å². The van der Waals surface area contributed by atoms with E-state index in [1.165, 1.54) is 5.57 Å². The summed E-state index contributed by atoms with van der Waals surface area (Å²) in [6.45, 7) is 0. The van der Waals surface area contributed by atoms with Gasteiger partial charge in [0.2, 0.25) is 5.88 Å². The number of rotatable bonds is 2. The van der Waals surface area contributed by atoms with Crippen LogP contribution < -0.4 is 4.74 Å². The molecule has 0 N–H and O–H groups in total. The minimum atomic E-state index is 0.560. The van der Waals surface area contributed by atoms with Crippen LogP contribution in [0.25, 0.3) is 5.57 Å². The van der Waals surface area contributed by atoms with Gasteiger partial charge >= 0.3 is 0 Å². The zero-order chi connectivity index (χ0) is 9.10. The van der Waals surface area contributed by atoms with Crippen LogP contribution >= 0.6 is 0 Å². The average Bonchev–Trinajstić information content (AvgIpc) is 2.71. The van der Waals surface area contributed by atoms with Crippen molar-refractivity contribution in [2.24, 2.45) is 0 Å². The summed E-state index contributed by atoms with van der Waals surface area (Å²) in [7, 11) is 1.59. The number of hydrogen-bond donors (Lipinski definition) is 0. The van der Waals surface area contributed by atoms with Crippen LogP contribution in [0.2, 0.25) is 0 Å². The second kappa shape index (κ2) is 3.39. The van der Waals surface area contributed by atoms with E-state index < -0.39 is 0 Å². The molecular formula is C10H10N2O. The third-order valence-electron chi connectivity index (χ3n) is 1.92. The van der Waals surface area contributed by atoms with E-state index in [2.05, 4.69) is 16.0 Å². The van der Waals surface area contributed by atoms with Gasteiger partial charge in [-0.25, -0.2) is 4.98 Å². The predicted molar refractivity (Wildman–Crippen MR) is 50.3 cm³/mol. The molecule has 1 aromatic rings. The summed E-state index contributed by atoms with van der Waals surface area (Å²) in [5, 5.41) is 0. The molecule has 0 saturated heterocycles. The first-order valence-corrected chi connectivity index (χ1v) is 4.12. The van der Waals surface area contributed by atoms with E-state index in [0.29, 0.717) is 5.88 Å². The van der Waals surface area contributed by atoms with Crippen molar-refractivity contribution in [2.45, 2.75) is 6.42 Å². The molecule has 0 fully saturated rings. The molecule has 1 aliphatic carbocycles. The van der Waals surface area contributed by atoms with Crippen molar-refractivity contribution in [3.8, 4) is 5.88 Å². The highest BCUT2D eigenvalue weighted by Crippen LogP contribution is 2.21. The lowest BCUT2D eigenvalue weighted by molar-refractivity contribution is 0.395. The maximum absolute atomic E-state index is 4.99. The van der Waals surface area contributed by atoms with Crippen LogP contribution in [-0.4, -0.2) is 17.1 Å². The molecule has 2 rings (SSSR count). The molecule has 3 heteroatoms. The molecule has 3 nitrogen and oxygen atoms in total. The molecule has 13 heavy (non-hydrogen) atoms. The van der Waals surface area contributed by atoms with Crippen molar-refractivity contribution < 1.29 is 4.74 Å². The molecule has 66 valence electrons. The van der Waals surface area contributed by atoms with Crippen LogP contribution in [-0.2, 0) is 0 Å². The van der Waals surface area contributed by atoms with E-state index in [4.69, 9.17) is 4.74 Å². The molecule has 1 aliphatic rings. The Morgan fingerprint density at radius 3 is 3.00 bits per heavy atom. The zero-order valence-corrected chi connectivity index (χ0v) is 7.40. The van der Waals surface area contributed by atoms with Gasteiger partial charge in [0.25, 0.3) is 0 Å². The third kappa shape index (κ3) is 1.59. The largest absolute Gasteiger partial charge is 0.480 e. The topological polar surface area (TPSA) is 35.0 Å². The molecule has 0 spiro atoms. The summed E-state index contributed by atoms with van der Waals surface area (Å²) in [4.78, 5) is 8.32. The molecule has 0 bridgehead atoms. The number of allylic oxidation sites excluding steroid dienone is 4. The summed E-state index contributed by atoms with van der Waals surface area (Å²) >= 11 is 0. The normalized spacial score (nSPS) is 14.4. The minimum absolute atomic E-state index is 0.560. The number of hydrogen-bond acceptors (Lipinski definition) is 3. The fraction of sp³-hybridized carbons (Fsp3) is 0.200. The lowest BCUT2D eigenvalue weighted by Crippen LogP contribution is -1.93. The van der Waals surface area contributed by atoms with Crippen molar-refractivity contribution in [3.63, 3.8) is 0 Å². The summed E-state index contributed by atoms with van der Waals surface area (Å²) < 4.78 is 4.99. The minimum Gasteiger partial charge on any atom is -0.480 e. The number of aromatic nitrogens is 2. The Bertz CT molecular complexity index is 369. The average molecular weight is 174 g/mol. The number of ether oxygens (including phenoxy) is 1. The van der Waals surface area contributed by atoms with Crippen LogP contribution in [0.1, 0.15) is 12.1 Å². The van der Waals surface area contributed by atoms with Gasteiger partial charge in [0, 0.05) is 0 Å². The molecule has 0 atom stereocenters. The fourth-order valence-electron chi connectivity index (χ4n) is 1.24. The first kappa shape index (κ1) is 7.98. The maximum Gasteiger partial charge on any atom is 0.232 e. The third-order valence-corrected chi connectivity index (χ3v) is 1.92. The predicted octanol–water partition coefficient (Wildman–Crippen LogP) is 1.83. The van der Waals surface area contributed by atoms with E-state index in [9.17, 15) is 0 Å². The standard InChI is InChI=1S/C10H10N2O/c1-13-10-7-11-6-9(12-10)8-4-2-3-5-8/h2-4,6-7H,5H2,1H3. The van der Waals surface area contributed by atoms with Gasteiger partial charge in [0.05, 0.1) is 25.2 Å². The van der Waals surface area contributed by atoms with Crippen molar-refractivity contribution in [1.29, 1.82) is 0 Å². The molecule has 0 radical (unpaired) electrons. The Kier molecular flexibility index (Phi) is 2.08. The summed E-state index contributed by atoms with van der Waals surface area (Å²) in [5.74, 6) is 0.560. The molecule has 0 saturated carbocycles. The summed E-state index contributed by atoms with van der Waals surface area (Å²) in [6.07, 6.45) is 10.5. The smallest absolute Gasteiger partial charge is 0.232 e. The Hall–Kier alpha value is -1.64. The second-order valence-corrected chi connectivity index (χ2v) is 2.77. The first-order chi connectivity index (χ1) is 6.40. The van der Waals surface area contributed by atoms with E-state index in [0.717, 1.165) is 12.1 Å². The molecule has 1 heterocycles. The Morgan fingerprint density at radius 1 is 1.38 bits per heavy atom. The zero-order valence-electron chi connectivity index (χ0n) is 7.40. The van der Waals surface area contributed by atoms with Crippen LogP contribution in [0.5, 0.6) is 5.88 Å². The van der Waals surface area contributed by atoms with Gasteiger partial charge in [-0.1, -0.05) is 18.2 Å². The molecule has 0 unspecified atom stereocenters. The fourth-order valence-corrected chi connectivity index (χ4v) is 1.24. The number of nitrogens with zero attached hydrogens (tertiary/aromatic N) is 2. The lowest BCUT2D eigenvalue weighted by atomic mass is 10.2. The van der Waals surface area contributed by atoms with E-state index in [1.807, 2.05) is 12.2 Å². The van der Waals surface area contributed by atoms with Gasteiger partial charge < -0.3 is 4.74 Å². The molecular weight excluding hydrogens is 164 g/mol. The molecule has 0 aliphatic heterocycles. The quantitative estimate of drug-likeness (QED) is 0.686. The Balaban J connectivity index is 2.30. The summed E-state index contributed by atoms with van der Waals surface area (Å²) in [6, 6.07) is 0. The molecule has 0 aromatic carbocycles. The Morgan fingerprint density at radius 2 is 2.31 bits per heavy atom. The highest BCUT2D eigenvalue weighted by atomic mass is 16.5. The SMILES string of the molecule is COc1cncc(C2=CC=CC2)n1. The van der Waals surface area contributed by atoms with Crippen molar-refractivity contribution in [3.05, 3.63) is 36.3 Å². The van der Waals surface area contributed by atoms with Crippen LogP contribution in [0.15, 0.2) is 30.6 Å². The lowest BCUT2D eigenvalue weighted by Gasteiger charge is -2.02. The Labute approximate surface area is 76.8 Å². The van der Waals surface area contributed by atoms with Crippen LogP contribution in [0.3, 0.4) is 0 Å². The highest BCUT2D eigenvalue weighted by Gasteiger charge is 2.05. The molecule has 0 amide bonds. The van der Waals surface area contributed by atoms with Crippen molar-refractivity contribution >= 4 is 5.57 Å². The van der Waals surface area contributed by atoms with Gasteiger partial charge in [0.1, 0.15) is 0 Å². The first-order valence-electron chi connectivity index (χ1n) is 4.12. The van der Waals surface area contributed by atoms with Gasteiger partial charge in [-0.05, 0) is 12.0 Å². The maximum atomic E-state index is 4.99. The van der Waals surface area contributed by atoms with Crippen molar-refractivity contribution in [1.82, 2.24) is 9.97 Å². The van der Waals surface area contributed by atoms with Gasteiger partial charge in [-0.15, -0.1) is 0 Å². The second-order valence-electron chi connectivity index (χ2n) is 2.77. The number of methoxy groups -OCH3 is 1. The van der Waals surface area contributed by atoms with Gasteiger partial charge in [-0.2, -0.15) is 0 Å².